The molecule has 0 aliphatic carbocycles. The molecule has 0 fully saturated rings. The summed E-state index contributed by atoms with van der Waals surface area (Å²) in [6, 6.07) is 8.52. The van der Waals surface area contributed by atoms with Crippen LogP contribution in [0, 0.1) is 10.1 Å². The number of nitrogens with zero attached hydrogens (tertiary/aromatic N) is 1. The van der Waals surface area contributed by atoms with Crippen molar-refractivity contribution in [3.63, 3.8) is 0 Å². The first-order valence-corrected chi connectivity index (χ1v) is 6.88. The second kappa shape index (κ2) is 7.20. The van der Waals surface area contributed by atoms with E-state index in [1.165, 1.54) is 19.2 Å². The van der Waals surface area contributed by atoms with Crippen LogP contribution >= 0.6 is 0 Å². The number of halogens is 3. The van der Waals surface area contributed by atoms with Crippen LogP contribution in [-0.4, -0.2) is 18.0 Å². The quantitative estimate of drug-likeness (QED) is 0.460. The van der Waals surface area contributed by atoms with Crippen molar-refractivity contribution in [1.82, 2.24) is 0 Å². The Hall–Kier alpha value is -3.10. The van der Waals surface area contributed by atoms with Crippen molar-refractivity contribution in [3.8, 4) is 5.75 Å². The molecule has 0 aromatic heterocycles. The van der Waals surface area contributed by atoms with E-state index in [2.05, 4.69) is 4.74 Å². The van der Waals surface area contributed by atoms with Gasteiger partial charge in [-0.15, -0.1) is 0 Å². The van der Waals surface area contributed by atoms with Crippen molar-refractivity contribution in [2.24, 2.45) is 0 Å². The molecule has 132 valence electrons. The summed E-state index contributed by atoms with van der Waals surface area (Å²) in [6.07, 6.45) is -4.87. The van der Waals surface area contributed by atoms with Gasteiger partial charge in [0, 0.05) is 6.07 Å². The van der Waals surface area contributed by atoms with Gasteiger partial charge in [0.2, 0.25) is 0 Å². The third-order valence-corrected chi connectivity index (χ3v) is 3.25. The van der Waals surface area contributed by atoms with Gasteiger partial charge in [-0.2, -0.15) is 13.2 Å². The van der Waals surface area contributed by atoms with Gasteiger partial charge in [-0.3, -0.25) is 10.1 Å². The molecule has 25 heavy (non-hydrogen) atoms. The third-order valence-electron chi connectivity index (χ3n) is 3.25. The Balaban J connectivity index is 2.15. The molecule has 0 N–H and O–H groups in total. The highest BCUT2D eigenvalue weighted by Crippen LogP contribution is 2.38. The number of hydrogen-bond acceptors (Lipinski definition) is 5. The second-order valence-electron chi connectivity index (χ2n) is 4.91. The number of benzene rings is 2. The first-order chi connectivity index (χ1) is 11.7. The summed E-state index contributed by atoms with van der Waals surface area (Å²) < 4.78 is 48.5. The molecule has 2 aromatic rings. The fourth-order valence-corrected chi connectivity index (χ4v) is 2.01. The van der Waals surface area contributed by atoms with Crippen molar-refractivity contribution in [2.75, 3.05) is 7.11 Å². The van der Waals surface area contributed by atoms with Crippen LogP contribution in [0.1, 0.15) is 21.5 Å². The van der Waals surface area contributed by atoms with Crippen LogP contribution in [0.5, 0.6) is 5.75 Å². The van der Waals surface area contributed by atoms with Gasteiger partial charge in [-0.25, -0.2) is 4.79 Å². The van der Waals surface area contributed by atoms with E-state index in [1.807, 2.05) is 0 Å². The average molecular weight is 355 g/mol. The SMILES string of the molecule is COC(=O)c1ccc(COc2ccc([N+](=O)[O-])c(C(F)(F)F)c2)cc1. The molecule has 0 heterocycles. The molecule has 2 rings (SSSR count). The Morgan fingerprint density at radius 3 is 2.32 bits per heavy atom. The van der Waals surface area contributed by atoms with Crippen molar-refractivity contribution in [3.05, 3.63) is 69.3 Å². The molecule has 0 saturated carbocycles. The topological polar surface area (TPSA) is 78.7 Å². The maximum Gasteiger partial charge on any atom is 0.423 e. The summed E-state index contributed by atoms with van der Waals surface area (Å²) in [4.78, 5) is 20.9. The Morgan fingerprint density at radius 1 is 1.16 bits per heavy atom. The zero-order valence-corrected chi connectivity index (χ0v) is 12.9. The van der Waals surface area contributed by atoms with E-state index in [1.54, 1.807) is 12.1 Å². The standard InChI is InChI=1S/C16H12F3NO5/c1-24-15(21)11-4-2-10(3-5-11)9-25-12-6-7-14(20(22)23)13(8-12)16(17,18)19/h2-8H,9H2,1H3. The van der Waals surface area contributed by atoms with Crippen molar-refractivity contribution >= 4 is 11.7 Å². The molecule has 0 amide bonds. The third kappa shape index (κ3) is 4.46. The molecule has 0 unspecified atom stereocenters. The number of methoxy groups -OCH3 is 1. The number of carbonyl (C=O) groups is 1. The average Bonchev–Trinajstić information content (AvgIpc) is 2.58. The van der Waals surface area contributed by atoms with E-state index in [0.717, 1.165) is 12.1 Å². The summed E-state index contributed by atoms with van der Waals surface area (Å²) in [6.45, 7) is -0.0729. The van der Waals surface area contributed by atoms with Crippen LogP contribution in [0.25, 0.3) is 0 Å². The number of nitro benzene ring substituents is 1. The fraction of sp³-hybridized carbons (Fsp3) is 0.188. The molecule has 2 aromatic carbocycles. The lowest BCUT2D eigenvalue weighted by atomic mass is 10.1. The summed E-state index contributed by atoms with van der Waals surface area (Å²) in [5, 5.41) is 10.7. The van der Waals surface area contributed by atoms with E-state index in [4.69, 9.17) is 4.74 Å². The summed E-state index contributed by atoms with van der Waals surface area (Å²) in [5.41, 5.74) is -1.50. The highest BCUT2D eigenvalue weighted by atomic mass is 19.4. The van der Waals surface area contributed by atoms with Gasteiger partial charge >= 0.3 is 12.1 Å². The van der Waals surface area contributed by atoms with Crippen molar-refractivity contribution < 1.29 is 32.4 Å². The monoisotopic (exact) mass is 355 g/mol. The number of carbonyl (C=O) groups excluding carboxylic acids is 1. The number of hydrogen-bond donors (Lipinski definition) is 0. The maximum atomic E-state index is 12.9. The van der Waals surface area contributed by atoms with Gasteiger partial charge in [0.05, 0.1) is 17.6 Å². The van der Waals surface area contributed by atoms with Gasteiger partial charge in [-0.05, 0) is 29.8 Å². The molecule has 0 aliphatic heterocycles. The van der Waals surface area contributed by atoms with Crippen LogP contribution in [0.4, 0.5) is 18.9 Å². The van der Waals surface area contributed by atoms with Crippen molar-refractivity contribution in [2.45, 2.75) is 12.8 Å². The van der Waals surface area contributed by atoms with Gasteiger partial charge in [0.1, 0.15) is 17.9 Å². The van der Waals surface area contributed by atoms with E-state index in [-0.39, 0.29) is 12.4 Å². The molecular formula is C16H12F3NO5. The lowest BCUT2D eigenvalue weighted by Crippen LogP contribution is -2.09. The van der Waals surface area contributed by atoms with Crippen LogP contribution in [0.3, 0.4) is 0 Å². The first kappa shape index (κ1) is 18.2. The first-order valence-electron chi connectivity index (χ1n) is 6.88. The molecule has 6 nitrogen and oxygen atoms in total. The highest BCUT2D eigenvalue weighted by Gasteiger charge is 2.38. The Morgan fingerprint density at radius 2 is 1.80 bits per heavy atom. The number of esters is 1. The van der Waals surface area contributed by atoms with Gasteiger partial charge < -0.3 is 9.47 Å². The van der Waals surface area contributed by atoms with E-state index in [0.29, 0.717) is 17.2 Å². The van der Waals surface area contributed by atoms with Crippen LogP contribution < -0.4 is 4.74 Å². The summed E-state index contributed by atoms with van der Waals surface area (Å²) in [7, 11) is 1.24. The lowest BCUT2D eigenvalue weighted by molar-refractivity contribution is -0.388. The van der Waals surface area contributed by atoms with Gasteiger partial charge in [-0.1, -0.05) is 12.1 Å². The minimum absolute atomic E-state index is 0.0729. The molecule has 0 radical (unpaired) electrons. The summed E-state index contributed by atoms with van der Waals surface area (Å²) in [5.74, 6) is -0.673. The molecule has 0 aliphatic rings. The van der Waals surface area contributed by atoms with Gasteiger partial charge in [0.15, 0.2) is 0 Å². The van der Waals surface area contributed by atoms with Crippen LogP contribution in [0.2, 0.25) is 0 Å². The van der Waals surface area contributed by atoms with Gasteiger partial charge in [0.25, 0.3) is 5.69 Å². The lowest BCUT2D eigenvalue weighted by Gasteiger charge is -2.11. The predicted octanol–water partition coefficient (Wildman–Crippen LogP) is 3.98. The Bertz CT molecular complexity index is 787. The van der Waals surface area contributed by atoms with Crippen LogP contribution in [0.15, 0.2) is 42.5 Å². The predicted molar refractivity (Wildman–Crippen MR) is 80.2 cm³/mol. The number of nitro groups is 1. The maximum absolute atomic E-state index is 12.9. The molecule has 0 bridgehead atoms. The fourth-order valence-electron chi connectivity index (χ4n) is 2.01. The zero-order valence-electron chi connectivity index (χ0n) is 12.9. The molecular weight excluding hydrogens is 343 g/mol. The minimum Gasteiger partial charge on any atom is -0.489 e. The largest absolute Gasteiger partial charge is 0.489 e. The molecule has 9 heteroatoms. The molecule has 0 spiro atoms. The Labute approximate surface area is 139 Å². The highest BCUT2D eigenvalue weighted by molar-refractivity contribution is 5.89. The van der Waals surface area contributed by atoms with Crippen LogP contribution in [-0.2, 0) is 17.5 Å². The minimum atomic E-state index is -4.87. The number of rotatable bonds is 5. The normalized spacial score (nSPS) is 11.0. The Kier molecular flexibility index (Phi) is 5.26. The zero-order chi connectivity index (χ0) is 18.6. The molecule has 0 saturated heterocycles. The number of alkyl halides is 3. The second-order valence-corrected chi connectivity index (χ2v) is 4.91. The smallest absolute Gasteiger partial charge is 0.423 e. The number of ether oxygens (including phenoxy) is 2. The van der Waals surface area contributed by atoms with E-state index >= 15 is 0 Å². The van der Waals surface area contributed by atoms with Crippen molar-refractivity contribution in [1.29, 1.82) is 0 Å². The molecule has 0 atom stereocenters. The summed E-state index contributed by atoms with van der Waals surface area (Å²) >= 11 is 0. The van der Waals surface area contributed by atoms with E-state index in [9.17, 15) is 28.1 Å². The van der Waals surface area contributed by atoms with E-state index < -0.39 is 28.3 Å².